The summed E-state index contributed by atoms with van der Waals surface area (Å²) in [6, 6.07) is 4.94. The highest BCUT2D eigenvalue weighted by Crippen LogP contribution is 2.30. The molecule has 2 amide bonds. The summed E-state index contributed by atoms with van der Waals surface area (Å²) in [5, 5.41) is 2.71. The van der Waals surface area contributed by atoms with E-state index >= 15 is 0 Å². The van der Waals surface area contributed by atoms with Gasteiger partial charge < -0.3 is 19.7 Å². The van der Waals surface area contributed by atoms with E-state index in [0.29, 0.717) is 37.3 Å². The Labute approximate surface area is 193 Å². The molecular formula is C23H33BrN2O5. The van der Waals surface area contributed by atoms with Gasteiger partial charge in [-0.1, -0.05) is 33.8 Å². The first-order valence-electron chi connectivity index (χ1n) is 10.9. The summed E-state index contributed by atoms with van der Waals surface area (Å²) in [5.74, 6) is 0.239. The molecule has 8 heteroatoms. The Balaban J connectivity index is 1.96. The highest BCUT2D eigenvalue weighted by Gasteiger charge is 2.35. The molecule has 2 atom stereocenters. The summed E-state index contributed by atoms with van der Waals surface area (Å²) >= 11 is 3.50. The molecule has 1 heterocycles. The summed E-state index contributed by atoms with van der Waals surface area (Å²) in [5.41, 5.74) is 1.19. The Hall–Kier alpha value is -2.09. The Morgan fingerprint density at radius 2 is 2.03 bits per heavy atom. The van der Waals surface area contributed by atoms with E-state index in [2.05, 4.69) is 35.1 Å². The second-order valence-electron chi connectivity index (χ2n) is 8.29. The number of benzene rings is 1. The molecule has 0 aromatic heterocycles. The van der Waals surface area contributed by atoms with E-state index in [0.717, 1.165) is 17.3 Å². The van der Waals surface area contributed by atoms with Gasteiger partial charge in [0.1, 0.15) is 11.8 Å². The van der Waals surface area contributed by atoms with Crippen LogP contribution in [0.2, 0.25) is 0 Å². The molecule has 0 bridgehead atoms. The highest BCUT2D eigenvalue weighted by molar-refractivity contribution is 9.10. The molecule has 172 valence electrons. The van der Waals surface area contributed by atoms with Crippen molar-refractivity contribution in [3.63, 3.8) is 0 Å². The molecule has 0 aliphatic carbocycles. The topological polar surface area (TPSA) is 84.9 Å². The highest BCUT2D eigenvalue weighted by atomic mass is 79.9. The van der Waals surface area contributed by atoms with Crippen LogP contribution in [0.15, 0.2) is 22.7 Å². The second kappa shape index (κ2) is 12.1. The Bertz CT molecular complexity index is 783. The van der Waals surface area contributed by atoms with E-state index in [9.17, 15) is 14.4 Å². The zero-order chi connectivity index (χ0) is 23.0. The predicted molar refractivity (Wildman–Crippen MR) is 122 cm³/mol. The number of hydrogen-bond acceptors (Lipinski definition) is 5. The zero-order valence-electron chi connectivity index (χ0n) is 18.8. The van der Waals surface area contributed by atoms with Crippen molar-refractivity contribution in [1.82, 2.24) is 10.2 Å². The number of carbonyl (C=O) groups is 3. The fraction of sp³-hybridized carbons (Fsp3) is 0.609. The van der Waals surface area contributed by atoms with Crippen LogP contribution in [0.5, 0.6) is 5.75 Å². The molecule has 0 spiro atoms. The molecule has 2 unspecified atom stereocenters. The normalized spacial score (nSPS) is 17.3. The van der Waals surface area contributed by atoms with E-state index in [1.165, 1.54) is 10.5 Å². The lowest BCUT2D eigenvalue weighted by Crippen LogP contribution is -2.58. The number of carbonyl (C=O) groups excluding carboxylic acids is 3. The number of hydrogen-bond donors (Lipinski definition) is 1. The summed E-state index contributed by atoms with van der Waals surface area (Å²) in [4.78, 5) is 38.7. The van der Waals surface area contributed by atoms with Crippen LogP contribution in [-0.4, -0.2) is 55.0 Å². The lowest BCUT2D eigenvalue weighted by atomic mass is 9.99. The standard InChI is InChI=1S/C23H33BrN2O5/c1-5-16(4)17-6-7-20(18(24)12-17)31-14-21(27)26-10-9-25-23(29)19(26)13-22(28)30-11-8-15(2)3/h6-7,12,15-16,19H,5,8-11,13-14H2,1-4H3,(H,25,29). The Morgan fingerprint density at radius 3 is 2.68 bits per heavy atom. The zero-order valence-corrected chi connectivity index (χ0v) is 20.4. The van der Waals surface area contributed by atoms with Crippen molar-refractivity contribution < 1.29 is 23.9 Å². The third-order valence-electron chi connectivity index (χ3n) is 5.46. The van der Waals surface area contributed by atoms with E-state index in [4.69, 9.17) is 9.47 Å². The maximum Gasteiger partial charge on any atom is 0.308 e. The smallest absolute Gasteiger partial charge is 0.308 e. The first-order chi connectivity index (χ1) is 14.7. The van der Waals surface area contributed by atoms with Gasteiger partial charge in [0, 0.05) is 13.1 Å². The first kappa shape index (κ1) is 25.2. The Morgan fingerprint density at radius 1 is 1.29 bits per heavy atom. The van der Waals surface area contributed by atoms with Crippen molar-refractivity contribution in [2.24, 2.45) is 5.92 Å². The van der Waals surface area contributed by atoms with Gasteiger partial charge in [0.15, 0.2) is 6.61 Å². The SMILES string of the molecule is CCC(C)c1ccc(OCC(=O)N2CCNC(=O)C2CC(=O)OCCC(C)C)c(Br)c1. The minimum absolute atomic E-state index is 0.164. The molecule has 1 aliphatic heterocycles. The van der Waals surface area contributed by atoms with Crippen molar-refractivity contribution in [3.05, 3.63) is 28.2 Å². The quantitative estimate of drug-likeness (QED) is 0.499. The molecule has 2 rings (SSSR count). The lowest BCUT2D eigenvalue weighted by Gasteiger charge is -2.34. The molecule has 1 saturated heterocycles. The van der Waals surface area contributed by atoms with Crippen LogP contribution in [0, 0.1) is 5.92 Å². The number of nitrogens with one attached hydrogen (secondary N) is 1. The average molecular weight is 497 g/mol. The molecule has 0 saturated carbocycles. The lowest BCUT2D eigenvalue weighted by molar-refractivity contribution is -0.152. The van der Waals surface area contributed by atoms with Gasteiger partial charge >= 0.3 is 5.97 Å². The molecule has 1 aromatic carbocycles. The van der Waals surface area contributed by atoms with Crippen LogP contribution in [0.1, 0.15) is 58.4 Å². The van der Waals surface area contributed by atoms with Gasteiger partial charge in [-0.15, -0.1) is 0 Å². The first-order valence-corrected chi connectivity index (χ1v) is 11.7. The van der Waals surface area contributed by atoms with Gasteiger partial charge in [-0.3, -0.25) is 14.4 Å². The summed E-state index contributed by atoms with van der Waals surface area (Å²) < 4.78 is 11.7. The minimum atomic E-state index is -0.882. The molecule has 0 radical (unpaired) electrons. The van der Waals surface area contributed by atoms with Gasteiger partial charge in [0.25, 0.3) is 5.91 Å². The molecule has 1 N–H and O–H groups in total. The van der Waals surface area contributed by atoms with Crippen molar-refractivity contribution in [2.75, 3.05) is 26.3 Å². The number of amides is 2. The number of ether oxygens (including phenoxy) is 2. The van der Waals surface area contributed by atoms with Crippen molar-refractivity contribution >= 4 is 33.7 Å². The van der Waals surface area contributed by atoms with Gasteiger partial charge in [0.2, 0.25) is 5.91 Å². The van der Waals surface area contributed by atoms with Crippen LogP contribution in [-0.2, 0) is 19.1 Å². The summed E-state index contributed by atoms with van der Waals surface area (Å²) in [6.45, 7) is 9.13. The molecule has 1 aromatic rings. The minimum Gasteiger partial charge on any atom is -0.483 e. The Kier molecular flexibility index (Phi) is 9.81. The molecule has 31 heavy (non-hydrogen) atoms. The third-order valence-corrected chi connectivity index (χ3v) is 6.08. The van der Waals surface area contributed by atoms with E-state index in [-0.39, 0.29) is 24.8 Å². The molecule has 1 fully saturated rings. The van der Waals surface area contributed by atoms with Crippen LogP contribution < -0.4 is 10.1 Å². The van der Waals surface area contributed by atoms with Crippen molar-refractivity contribution in [1.29, 1.82) is 0 Å². The van der Waals surface area contributed by atoms with Gasteiger partial charge in [0.05, 0.1) is 17.5 Å². The average Bonchev–Trinajstić information content (AvgIpc) is 2.73. The summed E-state index contributed by atoms with van der Waals surface area (Å²) in [7, 11) is 0. The number of halogens is 1. The van der Waals surface area contributed by atoms with Crippen molar-refractivity contribution in [3.8, 4) is 5.75 Å². The monoisotopic (exact) mass is 496 g/mol. The maximum atomic E-state index is 12.8. The fourth-order valence-electron chi connectivity index (χ4n) is 3.24. The van der Waals surface area contributed by atoms with Gasteiger partial charge in [-0.25, -0.2) is 0 Å². The molecule has 1 aliphatic rings. The van der Waals surface area contributed by atoms with E-state index < -0.39 is 12.0 Å². The number of rotatable bonds is 10. The van der Waals surface area contributed by atoms with Crippen LogP contribution in [0.25, 0.3) is 0 Å². The van der Waals surface area contributed by atoms with Gasteiger partial charge in [-0.05, 0) is 58.3 Å². The predicted octanol–water partition coefficient (Wildman–Crippen LogP) is 3.65. The fourth-order valence-corrected chi connectivity index (χ4v) is 3.75. The van der Waals surface area contributed by atoms with Crippen LogP contribution in [0.3, 0.4) is 0 Å². The maximum absolute atomic E-state index is 12.8. The van der Waals surface area contributed by atoms with Crippen molar-refractivity contribution in [2.45, 2.75) is 58.9 Å². The van der Waals surface area contributed by atoms with E-state index in [1.807, 2.05) is 32.0 Å². The third kappa shape index (κ3) is 7.52. The number of piperazine rings is 1. The van der Waals surface area contributed by atoms with Crippen LogP contribution in [0.4, 0.5) is 0 Å². The second-order valence-corrected chi connectivity index (χ2v) is 9.14. The van der Waals surface area contributed by atoms with Gasteiger partial charge in [-0.2, -0.15) is 0 Å². The molecular weight excluding hydrogens is 464 g/mol. The number of nitrogens with zero attached hydrogens (tertiary/aromatic N) is 1. The van der Waals surface area contributed by atoms with Crippen LogP contribution >= 0.6 is 15.9 Å². The van der Waals surface area contributed by atoms with E-state index in [1.54, 1.807) is 0 Å². The molecule has 7 nitrogen and oxygen atoms in total. The largest absolute Gasteiger partial charge is 0.483 e. The summed E-state index contributed by atoms with van der Waals surface area (Å²) in [6.07, 6.45) is 1.62. The number of esters is 1.